The predicted molar refractivity (Wildman–Crippen MR) is 75.5 cm³/mol. The summed E-state index contributed by atoms with van der Waals surface area (Å²) in [6.07, 6.45) is 2.22. The van der Waals surface area contributed by atoms with Gasteiger partial charge in [-0.25, -0.2) is 0 Å². The van der Waals surface area contributed by atoms with Gasteiger partial charge in [0.05, 0.1) is 18.6 Å². The number of benzene rings is 2. The van der Waals surface area contributed by atoms with Crippen LogP contribution in [0.5, 0.6) is 11.5 Å². The lowest BCUT2D eigenvalue weighted by molar-refractivity contribution is 0.309. The van der Waals surface area contributed by atoms with Gasteiger partial charge in [-0.05, 0) is 30.9 Å². The second-order valence-corrected chi connectivity index (χ2v) is 4.25. The molecule has 0 saturated heterocycles. The van der Waals surface area contributed by atoms with E-state index in [1.165, 1.54) is 0 Å². The molecule has 0 spiro atoms. The van der Waals surface area contributed by atoms with Gasteiger partial charge < -0.3 is 9.47 Å². The minimum atomic E-state index is 0.669. The van der Waals surface area contributed by atoms with Crippen LogP contribution in [0.3, 0.4) is 0 Å². The van der Waals surface area contributed by atoms with E-state index in [4.69, 9.17) is 9.47 Å². The Morgan fingerprint density at radius 3 is 2.17 bits per heavy atom. The summed E-state index contributed by atoms with van der Waals surface area (Å²) in [6.45, 7) is 5.59. The average Bonchev–Trinajstić information content (AvgIpc) is 2.40. The highest BCUT2D eigenvalue weighted by atomic mass is 16.5. The first-order valence-corrected chi connectivity index (χ1v) is 6.64. The zero-order valence-electron chi connectivity index (χ0n) is 11.1. The lowest BCUT2D eigenvalue weighted by Gasteiger charge is -2.12. The van der Waals surface area contributed by atoms with Crippen molar-refractivity contribution in [2.75, 3.05) is 13.2 Å². The van der Waals surface area contributed by atoms with Gasteiger partial charge in [0.1, 0.15) is 11.5 Å². The van der Waals surface area contributed by atoms with Gasteiger partial charge in [0, 0.05) is 0 Å². The zero-order chi connectivity index (χ0) is 12.8. The largest absolute Gasteiger partial charge is 0.493 e. The summed E-state index contributed by atoms with van der Waals surface area (Å²) in [5.41, 5.74) is 0. The third kappa shape index (κ3) is 2.76. The molecule has 2 aromatic rings. The van der Waals surface area contributed by atoms with Crippen LogP contribution in [0.15, 0.2) is 36.4 Å². The molecule has 0 atom stereocenters. The minimum Gasteiger partial charge on any atom is -0.493 e. The van der Waals surface area contributed by atoms with Crippen molar-refractivity contribution in [1.82, 2.24) is 0 Å². The van der Waals surface area contributed by atoms with Gasteiger partial charge in [0.2, 0.25) is 0 Å². The summed E-state index contributed by atoms with van der Waals surface area (Å²) in [7, 11) is 0. The summed E-state index contributed by atoms with van der Waals surface area (Å²) in [5.74, 6) is 1.83. The van der Waals surface area contributed by atoms with Crippen LogP contribution in [-0.4, -0.2) is 13.2 Å². The molecule has 2 heteroatoms. The Balaban J connectivity index is 2.38. The molecule has 0 N–H and O–H groups in total. The normalized spacial score (nSPS) is 10.6. The van der Waals surface area contributed by atoms with Crippen LogP contribution in [-0.2, 0) is 0 Å². The van der Waals surface area contributed by atoms with Crippen molar-refractivity contribution in [3.63, 3.8) is 0 Å². The van der Waals surface area contributed by atoms with Crippen LogP contribution in [0, 0.1) is 0 Å². The Hall–Kier alpha value is -1.70. The molecule has 2 nitrogen and oxygen atoms in total. The van der Waals surface area contributed by atoms with Gasteiger partial charge in [-0.15, -0.1) is 0 Å². The first-order chi connectivity index (χ1) is 8.86. The monoisotopic (exact) mass is 244 g/mol. The number of unbranched alkanes of at least 4 members (excludes halogenated alkanes) is 1. The fourth-order valence-corrected chi connectivity index (χ4v) is 2.00. The van der Waals surface area contributed by atoms with E-state index < -0.39 is 0 Å². The molecule has 0 aliphatic heterocycles. The molecule has 0 fully saturated rings. The Bertz CT molecular complexity index is 500. The lowest BCUT2D eigenvalue weighted by atomic mass is 10.1. The molecule has 0 saturated carbocycles. The molecule has 0 aromatic heterocycles. The Morgan fingerprint density at radius 2 is 1.56 bits per heavy atom. The topological polar surface area (TPSA) is 18.5 Å². The van der Waals surface area contributed by atoms with Crippen LogP contribution < -0.4 is 9.47 Å². The number of rotatable bonds is 6. The Kier molecular flexibility index (Phi) is 4.46. The zero-order valence-corrected chi connectivity index (χ0v) is 11.1. The first kappa shape index (κ1) is 12.7. The average molecular weight is 244 g/mol. The highest BCUT2D eigenvalue weighted by Crippen LogP contribution is 2.34. The van der Waals surface area contributed by atoms with Gasteiger partial charge in [-0.1, -0.05) is 37.6 Å². The van der Waals surface area contributed by atoms with Crippen molar-refractivity contribution in [3.8, 4) is 11.5 Å². The van der Waals surface area contributed by atoms with Gasteiger partial charge in [0.15, 0.2) is 0 Å². The van der Waals surface area contributed by atoms with Crippen LogP contribution in [0.4, 0.5) is 0 Å². The third-order valence-electron chi connectivity index (χ3n) is 2.88. The van der Waals surface area contributed by atoms with Crippen molar-refractivity contribution < 1.29 is 9.47 Å². The molecule has 0 radical (unpaired) electrons. The van der Waals surface area contributed by atoms with E-state index in [1.54, 1.807) is 0 Å². The van der Waals surface area contributed by atoms with E-state index in [0.717, 1.165) is 41.7 Å². The highest BCUT2D eigenvalue weighted by Gasteiger charge is 2.07. The molecule has 2 rings (SSSR count). The maximum atomic E-state index is 5.87. The maximum Gasteiger partial charge on any atom is 0.130 e. The lowest BCUT2D eigenvalue weighted by Crippen LogP contribution is -1.99. The van der Waals surface area contributed by atoms with Crippen LogP contribution >= 0.6 is 0 Å². The van der Waals surface area contributed by atoms with Crippen molar-refractivity contribution in [2.45, 2.75) is 26.7 Å². The Morgan fingerprint density at radius 1 is 0.889 bits per heavy atom. The summed E-state index contributed by atoms with van der Waals surface area (Å²) in [5, 5.41) is 2.24. The third-order valence-corrected chi connectivity index (χ3v) is 2.88. The van der Waals surface area contributed by atoms with E-state index in [2.05, 4.69) is 19.1 Å². The summed E-state index contributed by atoms with van der Waals surface area (Å²) < 4.78 is 11.6. The van der Waals surface area contributed by atoms with E-state index >= 15 is 0 Å². The molecule has 2 aromatic carbocycles. The molecule has 0 aliphatic rings. The molecule has 0 bridgehead atoms. The molecule has 0 unspecified atom stereocenters. The van der Waals surface area contributed by atoms with Crippen molar-refractivity contribution in [2.24, 2.45) is 0 Å². The van der Waals surface area contributed by atoms with Crippen molar-refractivity contribution >= 4 is 10.8 Å². The second kappa shape index (κ2) is 6.29. The molecule has 0 aliphatic carbocycles. The van der Waals surface area contributed by atoms with E-state index in [0.29, 0.717) is 6.61 Å². The molecular formula is C16H20O2. The van der Waals surface area contributed by atoms with E-state index in [1.807, 2.05) is 31.2 Å². The van der Waals surface area contributed by atoms with Crippen LogP contribution in [0.1, 0.15) is 26.7 Å². The van der Waals surface area contributed by atoms with Gasteiger partial charge in [-0.2, -0.15) is 0 Å². The molecular weight excluding hydrogens is 224 g/mol. The number of hydrogen-bond acceptors (Lipinski definition) is 2. The van der Waals surface area contributed by atoms with E-state index in [-0.39, 0.29) is 0 Å². The van der Waals surface area contributed by atoms with Crippen molar-refractivity contribution in [3.05, 3.63) is 36.4 Å². The maximum absolute atomic E-state index is 5.87. The van der Waals surface area contributed by atoms with E-state index in [9.17, 15) is 0 Å². The number of ether oxygens (including phenoxy) is 2. The predicted octanol–water partition coefficient (Wildman–Crippen LogP) is 4.42. The van der Waals surface area contributed by atoms with Gasteiger partial charge >= 0.3 is 0 Å². The minimum absolute atomic E-state index is 0.669. The standard InChI is InChI=1S/C16H20O2/c1-3-5-12-18-15-11-7-9-13-8-6-10-14(16(13)15)17-4-2/h6-11H,3-5,12H2,1-2H3. The smallest absolute Gasteiger partial charge is 0.130 e. The van der Waals surface area contributed by atoms with Gasteiger partial charge in [0.25, 0.3) is 0 Å². The van der Waals surface area contributed by atoms with Gasteiger partial charge in [-0.3, -0.25) is 0 Å². The number of fused-ring (bicyclic) bond motifs is 1. The second-order valence-electron chi connectivity index (χ2n) is 4.25. The summed E-state index contributed by atoms with van der Waals surface area (Å²) >= 11 is 0. The molecule has 18 heavy (non-hydrogen) atoms. The molecule has 0 heterocycles. The first-order valence-electron chi connectivity index (χ1n) is 6.64. The quantitative estimate of drug-likeness (QED) is 0.700. The SMILES string of the molecule is CCCCOc1cccc2cccc(OCC)c12. The van der Waals surface area contributed by atoms with Crippen LogP contribution in [0.25, 0.3) is 10.8 Å². The highest BCUT2D eigenvalue weighted by molar-refractivity contribution is 5.93. The molecule has 0 amide bonds. The fourth-order valence-electron chi connectivity index (χ4n) is 2.00. The Labute approximate surface area is 109 Å². The molecule has 96 valence electrons. The number of hydrogen-bond donors (Lipinski definition) is 0. The van der Waals surface area contributed by atoms with Crippen LogP contribution in [0.2, 0.25) is 0 Å². The van der Waals surface area contributed by atoms with Crippen molar-refractivity contribution in [1.29, 1.82) is 0 Å². The summed E-state index contributed by atoms with van der Waals surface area (Å²) in [4.78, 5) is 0. The fraction of sp³-hybridized carbons (Fsp3) is 0.375. The summed E-state index contributed by atoms with van der Waals surface area (Å²) in [6, 6.07) is 12.2.